The van der Waals surface area contributed by atoms with Gasteiger partial charge in [0.25, 0.3) is 0 Å². The van der Waals surface area contributed by atoms with Crippen molar-refractivity contribution in [3.05, 3.63) is 35.4 Å². The summed E-state index contributed by atoms with van der Waals surface area (Å²) in [4.78, 5) is 25.1. The Morgan fingerprint density at radius 1 is 1.38 bits per heavy atom. The summed E-state index contributed by atoms with van der Waals surface area (Å²) in [6, 6.07) is 6.88. The first-order valence-corrected chi connectivity index (χ1v) is 7.12. The summed E-state index contributed by atoms with van der Waals surface area (Å²) in [6.45, 7) is 5.05. The van der Waals surface area contributed by atoms with Crippen LogP contribution in [0.5, 0.6) is 0 Å². The van der Waals surface area contributed by atoms with Gasteiger partial charge >= 0.3 is 5.97 Å². The molecule has 1 aliphatic rings. The molecular formula is C15H21N3O3. The average molecular weight is 291 g/mol. The van der Waals surface area contributed by atoms with Crippen molar-refractivity contribution in [3.8, 4) is 0 Å². The number of amides is 1. The Morgan fingerprint density at radius 3 is 2.71 bits per heavy atom. The second-order valence-electron chi connectivity index (χ2n) is 5.00. The lowest BCUT2D eigenvalue weighted by Gasteiger charge is -2.34. The predicted octanol–water partition coefficient (Wildman–Crippen LogP) is 0.122. The van der Waals surface area contributed by atoms with Crippen molar-refractivity contribution in [2.45, 2.75) is 19.5 Å². The molecule has 1 aromatic rings. The van der Waals surface area contributed by atoms with Gasteiger partial charge in [-0.3, -0.25) is 14.5 Å². The number of nitrogens with two attached hydrogens (primary N) is 1. The van der Waals surface area contributed by atoms with Crippen molar-refractivity contribution in [1.29, 1.82) is 0 Å². The summed E-state index contributed by atoms with van der Waals surface area (Å²) in [6.07, 6.45) is 0. The van der Waals surface area contributed by atoms with Crippen molar-refractivity contribution >= 4 is 11.9 Å². The van der Waals surface area contributed by atoms with Crippen LogP contribution in [0.4, 0.5) is 0 Å². The van der Waals surface area contributed by atoms with Crippen molar-refractivity contribution in [2.75, 3.05) is 26.2 Å². The maximum Gasteiger partial charge on any atom is 0.324 e. The molecule has 0 aliphatic carbocycles. The third kappa shape index (κ3) is 4.03. The molecule has 0 bridgehead atoms. The standard InChI is InChI=1S/C15H21N3O3/c1-2-21-15(20)13-9-17-7-8-18(13)10-11-3-5-12(6-4-11)14(16)19/h3-6,13,17H,2,7-10H2,1H3,(H2,16,19). The molecule has 1 saturated heterocycles. The molecule has 1 aliphatic heterocycles. The normalized spacial score (nSPS) is 19.2. The van der Waals surface area contributed by atoms with Crippen molar-refractivity contribution in [2.24, 2.45) is 5.73 Å². The van der Waals surface area contributed by atoms with Crippen LogP contribution in [0.3, 0.4) is 0 Å². The zero-order valence-electron chi connectivity index (χ0n) is 12.2. The van der Waals surface area contributed by atoms with Crippen LogP contribution in [-0.2, 0) is 16.1 Å². The summed E-state index contributed by atoms with van der Waals surface area (Å²) in [5, 5.41) is 3.21. The number of benzene rings is 1. The van der Waals surface area contributed by atoms with E-state index in [2.05, 4.69) is 10.2 Å². The fourth-order valence-corrected chi connectivity index (χ4v) is 2.42. The molecule has 1 amide bonds. The minimum absolute atomic E-state index is 0.196. The fourth-order valence-electron chi connectivity index (χ4n) is 2.42. The van der Waals surface area contributed by atoms with Gasteiger partial charge in [-0.25, -0.2) is 0 Å². The first-order chi connectivity index (χ1) is 10.1. The number of hydrogen-bond acceptors (Lipinski definition) is 5. The number of nitrogens with zero attached hydrogens (tertiary/aromatic N) is 1. The molecule has 6 heteroatoms. The van der Waals surface area contributed by atoms with E-state index in [1.165, 1.54) is 0 Å². The minimum Gasteiger partial charge on any atom is -0.465 e. The molecule has 1 atom stereocenters. The van der Waals surface area contributed by atoms with Gasteiger partial charge in [-0.1, -0.05) is 12.1 Å². The highest BCUT2D eigenvalue weighted by Crippen LogP contribution is 2.12. The van der Waals surface area contributed by atoms with Crippen LogP contribution in [-0.4, -0.2) is 49.1 Å². The molecule has 1 heterocycles. The Kier molecular flexibility index (Phi) is 5.30. The highest BCUT2D eigenvalue weighted by molar-refractivity contribution is 5.92. The molecule has 1 unspecified atom stereocenters. The molecule has 6 nitrogen and oxygen atoms in total. The summed E-state index contributed by atoms with van der Waals surface area (Å²) < 4.78 is 5.12. The van der Waals surface area contributed by atoms with Crippen LogP contribution in [0.2, 0.25) is 0 Å². The van der Waals surface area contributed by atoms with Gasteiger partial charge in [-0.15, -0.1) is 0 Å². The van der Waals surface area contributed by atoms with Gasteiger partial charge in [0, 0.05) is 31.7 Å². The molecular weight excluding hydrogens is 270 g/mol. The molecule has 0 radical (unpaired) electrons. The van der Waals surface area contributed by atoms with Gasteiger partial charge in [0.2, 0.25) is 5.91 Å². The predicted molar refractivity (Wildman–Crippen MR) is 78.7 cm³/mol. The number of carbonyl (C=O) groups is 2. The smallest absolute Gasteiger partial charge is 0.324 e. The van der Waals surface area contributed by atoms with Gasteiger partial charge in [0.15, 0.2) is 0 Å². The van der Waals surface area contributed by atoms with Crippen LogP contribution in [0.15, 0.2) is 24.3 Å². The lowest BCUT2D eigenvalue weighted by Crippen LogP contribution is -2.54. The van der Waals surface area contributed by atoms with Gasteiger partial charge < -0.3 is 15.8 Å². The molecule has 0 aromatic heterocycles. The van der Waals surface area contributed by atoms with E-state index in [0.717, 1.165) is 18.7 Å². The minimum atomic E-state index is -0.437. The third-order valence-electron chi connectivity index (χ3n) is 3.54. The second-order valence-corrected chi connectivity index (χ2v) is 5.00. The van der Waals surface area contributed by atoms with E-state index in [4.69, 9.17) is 10.5 Å². The Morgan fingerprint density at radius 2 is 2.10 bits per heavy atom. The maximum absolute atomic E-state index is 12.0. The van der Waals surface area contributed by atoms with E-state index in [0.29, 0.717) is 25.3 Å². The van der Waals surface area contributed by atoms with Crippen LogP contribution in [0.25, 0.3) is 0 Å². The van der Waals surface area contributed by atoms with Crippen molar-refractivity contribution in [1.82, 2.24) is 10.2 Å². The summed E-state index contributed by atoms with van der Waals surface area (Å²) in [7, 11) is 0. The molecule has 0 spiro atoms. The van der Waals surface area contributed by atoms with Gasteiger partial charge in [0.05, 0.1) is 6.61 Å². The van der Waals surface area contributed by atoms with Gasteiger partial charge in [-0.05, 0) is 24.6 Å². The van der Waals surface area contributed by atoms with E-state index in [-0.39, 0.29) is 12.0 Å². The largest absolute Gasteiger partial charge is 0.465 e. The Bertz CT molecular complexity index is 501. The van der Waals surface area contributed by atoms with E-state index in [9.17, 15) is 9.59 Å². The second kappa shape index (κ2) is 7.19. The Balaban J connectivity index is 2.04. The number of rotatable bonds is 5. The Hall–Kier alpha value is -1.92. The Labute approximate surface area is 124 Å². The number of hydrogen-bond donors (Lipinski definition) is 2. The number of piperazine rings is 1. The van der Waals surface area contributed by atoms with Crippen molar-refractivity contribution in [3.63, 3.8) is 0 Å². The first-order valence-electron chi connectivity index (χ1n) is 7.12. The monoisotopic (exact) mass is 291 g/mol. The van der Waals surface area contributed by atoms with E-state index in [1.54, 1.807) is 19.1 Å². The SMILES string of the molecule is CCOC(=O)C1CNCCN1Cc1ccc(C(N)=O)cc1. The third-order valence-corrected chi connectivity index (χ3v) is 3.54. The van der Waals surface area contributed by atoms with E-state index >= 15 is 0 Å². The zero-order valence-corrected chi connectivity index (χ0v) is 12.2. The lowest BCUT2D eigenvalue weighted by molar-refractivity contribution is -0.150. The topological polar surface area (TPSA) is 84.7 Å². The highest BCUT2D eigenvalue weighted by atomic mass is 16.5. The summed E-state index contributed by atoms with van der Waals surface area (Å²) in [5.41, 5.74) is 6.75. The fraction of sp³-hybridized carbons (Fsp3) is 0.467. The quantitative estimate of drug-likeness (QED) is 0.753. The molecule has 3 N–H and O–H groups in total. The molecule has 1 fully saturated rings. The van der Waals surface area contributed by atoms with Gasteiger partial charge in [-0.2, -0.15) is 0 Å². The zero-order chi connectivity index (χ0) is 15.2. The summed E-state index contributed by atoms with van der Waals surface area (Å²) in [5.74, 6) is -0.633. The highest BCUT2D eigenvalue weighted by Gasteiger charge is 2.29. The average Bonchev–Trinajstić information content (AvgIpc) is 2.48. The maximum atomic E-state index is 12.0. The number of ether oxygens (including phenoxy) is 1. The van der Waals surface area contributed by atoms with Crippen LogP contribution in [0.1, 0.15) is 22.8 Å². The number of carbonyl (C=O) groups excluding carboxylic acids is 2. The molecule has 2 rings (SSSR count). The lowest BCUT2D eigenvalue weighted by atomic mass is 10.1. The van der Waals surface area contributed by atoms with E-state index < -0.39 is 5.91 Å². The first kappa shape index (κ1) is 15.5. The van der Waals surface area contributed by atoms with Crippen molar-refractivity contribution < 1.29 is 14.3 Å². The van der Waals surface area contributed by atoms with Crippen LogP contribution in [0, 0.1) is 0 Å². The van der Waals surface area contributed by atoms with Gasteiger partial charge in [0.1, 0.15) is 6.04 Å². The van der Waals surface area contributed by atoms with Crippen LogP contribution >= 0.6 is 0 Å². The van der Waals surface area contributed by atoms with Crippen LogP contribution < -0.4 is 11.1 Å². The molecule has 114 valence electrons. The molecule has 0 saturated carbocycles. The van der Waals surface area contributed by atoms with E-state index in [1.807, 2.05) is 12.1 Å². The summed E-state index contributed by atoms with van der Waals surface area (Å²) >= 11 is 0. The number of esters is 1. The molecule has 1 aromatic carbocycles. The number of primary amides is 1. The number of nitrogens with one attached hydrogen (secondary N) is 1. The molecule has 21 heavy (non-hydrogen) atoms.